The summed E-state index contributed by atoms with van der Waals surface area (Å²) < 4.78 is -0.251. The summed E-state index contributed by atoms with van der Waals surface area (Å²) in [5, 5.41) is 4.29. The maximum Gasteiger partial charge on any atom is -1.00 e. The first kappa shape index (κ1) is 51.2. The summed E-state index contributed by atoms with van der Waals surface area (Å²) in [6.45, 7) is 30.2. The van der Waals surface area contributed by atoms with Gasteiger partial charge in [0.05, 0.1) is 0 Å². The molecule has 0 unspecified atom stereocenters. The number of benzene rings is 6. The first-order chi connectivity index (χ1) is 27.7. The predicted molar refractivity (Wildman–Crippen MR) is 256 cm³/mol. The van der Waals surface area contributed by atoms with E-state index in [9.17, 15) is 0 Å². The summed E-state index contributed by atoms with van der Waals surface area (Å²) in [5.74, 6) is 0. The molecule has 0 bridgehead atoms. The monoisotopic (exact) mass is 928 g/mol. The Morgan fingerprint density at radius 3 is 0.823 bits per heavy atom. The van der Waals surface area contributed by atoms with Gasteiger partial charge in [-0.15, -0.1) is 0 Å². The number of hydrogen-bond acceptors (Lipinski definition) is 0. The molecule has 0 spiro atoms. The van der Waals surface area contributed by atoms with E-state index >= 15 is 0 Å². The molecule has 0 saturated carbocycles. The Morgan fingerprint density at radius 1 is 0.355 bits per heavy atom. The third-order valence-corrected chi connectivity index (χ3v) is 21.8. The van der Waals surface area contributed by atoms with Gasteiger partial charge in [0.1, 0.15) is 0 Å². The largest absolute Gasteiger partial charge is 1.00 e. The van der Waals surface area contributed by atoms with Crippen LogP contribution >= 0.6 is 0 Å². The van der Waals surface area contributed by atoms with Crippen molar-refractivity contribution in [2.24, 2.45) is 0 Å². The molecule has 0 saturated heterocycles. The number of rotatable bonds is 7. The van der Waals surface area contributed by atoms with Crippen molar-refractivity contribution in [3.05, 3.63) is 185 Å². The second kappa shape index (κ2) is 19.0. The van der Waals surface area contributed by atoms with Crippen LogP contribution in [-0.4, -0.2) is 8.07 Å². The Balaban J connectivity index is 0.00000282. The van der Waals surface area contributed by atoms with Gasteiger partial charge in [0.2, 0.25) is 0 Å². The quantitative estimate of drug-likeness (QED) is 0.157. The second-order valence-corrected chi connectivity index (χ2v) is 26.2. The van der Waals surface area contributed by atoms with Crippen LogP contribution in [0.4, 0.5) is 0 Å². The normalized spacial score (nSPS) is 14.2. The average Bonchev–Trinajstić information content (AvgIpc) is 3.36. The molecule has 320 valence electrons. The first-order valence-electron chi connectivity index (χ1n) is 21.4. The van der Waals surface area contributed by atoms with E-state index in [0.29, 0.717) is 0 Å². The smallest absolute Gasteiger partial charge is 1.00 e. The molecular weight excluding hydrogens is 867 g/mol. The van der Waals surface area contributed by atoms with Crippen LogP contribution in [0.3, 0.4) is 0 Å². The van der Waals surface area contributed by atoms with Crippen LogP contribution in [0, 0.1) is 0 Å². The standard InChI is InChI=1S/C57H63Si.3ClH.Ti/c1-38-39(2)41(4)54(40(38)3)58(51-20-14-17-45(35-51)42-23-29-48(30-24-42)55(5,6)7,52-21-15-18-46(36-52)43-25-31-49(32-26-43)56(8,9)10)53-22-16-19-47(37-53)44-27-33-50(34-28-44)57(11,12)13;;;;/h14-37H,1-13H3;3*1H;/q;;;;+3/p-3. The van der Waals surface area contributed by atoms with Crippen molar-refractivity contribution in [3.63, 3.8) is 0 Å². The molecule has 6 aromatic rings. The van der Waals surface area contributed by atoms with Crippen molar-refractivity contribution in [2.75, 3.05) is 0 Å². The zero-order valence-corrected chi connectivity index (χ0v) is 43.8. The van der Waals surface area contributed by atoms with E-state index in [0.717, 1.165) is 0 Å². The van der Waals surface area contributed by atoms with E-state index in [1.54, 1.807) is 0 Å². The molecule has 62 heavy (non-hydrogen) atoms. The Morgan fingerprint density at radius 2 is 0.597 bits per heavy atom. The van der Waals surface area contributed by atoms with Gasteiger partial charge >= 0.3 is 372 Å². The van der Waals surface area contributed by atoms with Crippen molar-refractivity contribution in [3.8, 4) is 33.4 Å². The molecular formula is C57H63Cl3SiTi. The van der Waals surface area contributed by atoms with Gasteiger partial charge < -0.3 is 37.2 Å². The van der Waals surface area contributed by atoms with E-state index in [-0.39, 0.29) is 56.8 Å². The number of halogens is 3. The Hall–Kier alpha value is -3.40. The van der Waals surface area contributed by atoms with Crippen LogP contribution in [0.1, 0.15) is 107 Å². The summed E-state index contributed by atoms with van der Waals surface area (Å²) in [5.41, 5.74) is 17.7. The molecule has 0 heterocycles. The van der Waals surface area contributed by atoms with Gasteiger partial charge in [-0.1, -0.05) is 0 Å². The van der Waals surface area contributed by atoms with E-state index in [4.69, 9.17) is 0 Å². The summed E-state index contributed by atoms with van der Waals surface area (Å²) >= 11 is 2.59. The minimum absolute atomic E-state index is 0. The van der Waals surface area contributed by atoms with Gasteiger partial charge in [0.15, 0.2) is 0 Å². The molecule has 1 aliphatic carbocycles. The maximum absolute atomic E-state index is 3.06. The zero-order valence-electron chi connectivity index (χ0n) is 39.0. The van der Waals surface area contributed by atoms with Crippen molar-refractivity contribution in [1.29, 1.82) is 0 Å². The van der Waals surface area contributed by atoms with Crippen LogP contribution < -0.4 is 52.8 Å². The SMILES string of the molecule is CC1=C(C)[C]([Ti+3])([Si](c2cccc(-c3ccc(C(C)(C)C)cc3)c2)(c2cccc(-c3ccc(C(C)(C)C)cc3)c2)c2cccc(-c3ccc(C(C)(C)C)cc3)c2)C(C)=C1C.[Cl-].[Cl-].[Cl-]. The van der Waals surface area contributed by atoms with Crippen LogP contribution in [0.25, 0.3) is 33.4 Å². The van der Waals surface area contributed by atoms with Gasteiger partial charge in [-0.3, -0.25) is 0 Å². The molecule has 0 atom stereocenters. The van der Waals surface area contributed by atoms with Crippen molar-refractivity contribution < 1.29 is 57.7 Å². The fourth-order valence-corrected chi connectivity index (χ4v) is 18.0. The Kier molecular flexibility index (Phi) is 15.7. The second-order valence-electron chi connectivity index (χ2n) is 20.2. The van der Waals surface area contributed by atoms with Gasteiger partial charge in [-0.25, -0.2) is 0 Å². The van der Waals surface area contributed by atoms with Crippen LogP contribution in [0.2, 0.25) is 3.34 Å². The topological polar surface area (TPSA) is 0 Å². The molecule has 0 aliphatic heterocycles. The molecule has 6 aromatic carbocycles. The molecule has 0 amide bonds. The third-order valence-electron chi connectivity index (χ3n) is 13.5. The summed E-state index contributed by atoms with van der Waals surface area (Å²) in [6, 6.07) is 56.9. The average molecular weight is 930 g/mol. The molecule has 0 aromatic heterocycles. The first-order valence-corrected chi connectivity index (χ1v) is 24.2. The van der Waals surface area contributed by atoms with E-state index < -0.39 is 8.07 Å². The van der Waals surface area contributed by atoms with Crippen LogP contribution in [0.5, 0.6) is 0 Å². The number of hydrogen-bond donors (Lipinski definition) is 0. The molecule has 0 fully saturated rings. The Bertz CT molecular complexity index is 2310. The third kappa shape index (κ3) is 9.24. The van der Waals surface area contributed by atoms with Gasteiger partial charge in [0.25, 0.3) is 0 Å². The molecule has 5 heteroatoms. The van der Waals surface area contributed by atoms with Crippen LogP contribution in [0.15, 0.2) is 168 Å². The zero-order chi connectivity index (χ0) is 42.7. The minimum Gasteiger partial charge on any atom is -1.00 e. The molecule has 0 nitrogen and oxygen atoms in total. The Labute approximate surface area is 405 Å². The molecule has 0 radical (unpaired) electrons. The fourth-order valence-electron chi connectivity index (χ4n) is 9.40. The predicted octanol–water partition coefficient (Wildman–Crippen LogP) is 4.99. The van der Waals surface area contributed by atoms with Gasteiger partial charge in [-0.05, 0) is 0 Å². The molecule has 7 rings (SSSR count). The van der Waals surface area contributed by atoms with Crippen LogP contribution in [-0.2, 0) is 36.7 Å². The summed E-state index contributed by atoms with van der Waals surface area (Å²) in [6.07, 6.45) is 0. The van der Waals surface area contributed by atoms with E-state index in [1.807, 2.05) is 0 Å². The minimum atomic E-state index is -3.06. The summed E-state index contributed by atoms with van der Waals surface area (Å²) in [7, 11) is -3.06. The van der Waals surface area contributed by atoms with Gasteiger partial charge in [-0.2, -0.15) is 0 Å². The molecule has 0 N–H and O–H groups in total. The summed E-state index contributed by atoms with van der Waals surface area (Å²) in [4.78, 5) is 0. The van der Waals surface area contributed by atoms with Crippen molar-refractivity contribution >= 4 is 23.6 Å². The molecule has 1 aliphatic rings. The van der Waals surface area contributed by atoms with Crippen molar-refractivity contribution in [1.82, 2.24) is 0 Å². The van der Waals surface area contributed by atoms with E-state index in [1.165, 1.54) is 87.9 Å². The van der Waals surface area contributed by atoms with Gasteiger partial charge in [0, 0.05) is 0 Å². The van der Waals surface area contributed by atoms with Crippen molar-refractivity contribution in [2.45, 2.75) is 110 Å². The maximum atomic E-state index is 2.59. The fraction of sp³-hybridized carbons (Fsp3) is 0.298. The number of allylic oxidation sites excluding steroid dienone is 4. The van der Waals surface area contributed by atoms with E-state index in [2.05, 4.69) is 256 Å².